The monoisotopic (exact) mass is 201 g/mol. The standard InChI is InChI=1S/C12H10O3/c1-7-2-3-8-5-9(12(14)15)6-11(13)10(8)4-7/h2-6,13H,1H3,(H,14,15)/p-1. The number of rotatable bonds is 1. The molecule has 0 atom stereocenters. The second-order valence-corrected chi connectivity index (χ2v) is 3.50. The summed E-state index contributed by atoms with van der Waals surface area (Å²) in [4.78, 5) is 10.7. The van der Waals surface area contributed by atoms with Crippen molar-refractivity contribution in [3.63, 3.8) is 0 Å². The molecule has 2 aromatic rings. The Hall–Kier alpha value is -2.03. The minimum absolute atomic E-state index is 0.0383. The van der Waals surface area contributed by atoms with Crippen LogP contribution >= 0.6 is 0 Å². The molecule has 15 heavy (non-hydrogen) atoms. The summed E-state index contributed by atoms with van der Waals surface area (Å²) in [6.07, 6.45) is 0. The lowest BCUT2D eigenvalue weighted by molar-refractivity contribution is -0.265. The Balaban J connectivity index is 2.78. The van der Waals surface area contributed by atoms with Gasteiger partial charge in [-0.25, -0.2) is 4.79 Å². The highest BCUT2D eigenvalue weighted by molar-refractivity contribution is 5.97. The second-order valence-electron chi connectivity index (χ2n) is 3.50. The molecule has 0 radical (unpaired) electrons. The van der Waals surface area contributed by atoms with Crippen LogP contribution in [0, 0.1) is 6.92 Å². The number of hydrogen-bond donors (Lipinski definition) is 1. The van der Waals surface area contributed by atoms with E-state index in [2.05, 4.69) is 0 Å². The lowest BCUT2D eigenvalue weighted by atomic mass is 10.0. The second kappa shape index (κ2) is 3.28. The largest absolute Gasteiger partial charge is 0.872 e. The Morgan fingerprint density at radius 2 is 2.00 bits per heavy atom. The molecule has 0 spiro atoms. The highest BCUT2D eigenvalue weighted by Gasteiger charge is 2.04. The third kappa shape index (κ3) is 1.64. The van der Waals surface area contributed by atoms with Crippen molar-refractivity contribution in [2.24, 2.45) is 0 Å². The minimum atomic E-state index is -1.07. The summed E-state index contributed by atoms with van der Waals surface area (Å²) in [6, 6.07) is 8.05. The van der Waals surface area contributed by atoms with Crippen molar-refractivity contribution in [1.29, 1.82) is 0 Å². The van der Waals surface area contributed by atoms with E-state index in [0.29, 0.717) is 10.8 Å². The van der Waals surface area contributed by atoms with Crippen molar-refractivity contribution in [3.05, 3.63) is 41.5 Å². The first-order valence-corrected chi connectivity index (χ1v) is 4.52. The Labute approximate surface area is 86.6 Å². The first kappa shape index (κ1) is 9.52. The number of carbonyl (C=O) groups is 1. The summed E-state index contributed by atoms with van der Waals surface area (Å²) in [6.45, 7) is 1.89. The van der Waals surface area contributed by atoms with Crippen LogP contribution in [0.2, 0.25) is 0 Å². The van der Waals surface area contributed by atoms with Gasteiger partial charge in [0.2, 0.25) is 0 Å². The van der Waals surface area contributed by atoms with Gasteiger partial charge in [0.25, 0.3) is 0 Å². The molecule has 0 aliphatic rings. The summed E-state index contributed by atoms with van der Waals surface area (Å²) >= 11 is 0. The molecule has 0 aromatic heterocycles. The van der Waals surface area contributed by atoms with E-state index in [1.54, 1.807) is 12.1 Å². The first-order chi connectivity index (χ1) is 7.08. The maximum atomic E-state index is 11.6. The van der Waals surface area contributed by atoms with Crippen LogP contribution in [0.25, 0.3) is 10.8 Å². The van der Waals surface area contributed by atoms with Gasteiger partial charge >= 0.3 is 5.97 Å². The van der Waals surface area contributed by atoms with Crippen molar-refractivity contribution in [2.75, 3.05) is 0 Å². The van der Waals surface area contributed by atoms with Crippen molar-refractivity contribution in [3.8, 4) is 5.75 Å². The van der Waals surface area contributed by atoms with Crippen LogP contribution < -0.4 is 5.11 Å². The molecule has 0 unspecified atom stereocenters. The molecule has 0 saturated carbocycles. The van der Waals surface area contributed by atoms with Gasteiger partial charge in [-0.2, -0.15) is 0 Å². The zero-order valence-corrected chi connectivity index (χ0v) is 8.15. The number of aryl methyl sites for hydroxylation is 1. The van der Waals surface area contributed by atoms with Gasteiger partial charge in [0, 0.05) is 0 Å². The Morgan fingerprint density at radius 3 is 2.67 bits per heavy atom. The molecule has 0 aliphatic heterocycles. The molecule has 0 amide bonds. The third-order valence-electron chi connectivity index (χ3n) is 2.32. The Morgan fingerprint density at radius 1 is 1.27 bits per heavy atom. The van der Waals surface area contributed by atoms with Crippen LogP contribution in [0.4, 0.5) is 0 Å². The van der Waals surface area contributed by atoms with Gasteiger partial charge < -0.3 is 10.2 Å². The van der Waals surface area contributed by atoms with Gasteiger partial charge in [0.15, 0.2) is 0 Å². The van der Waals surface area contributed by atoms with E-state index in [1.165, 1.54) is 6.07 Å². The Bertz CT molecular complexity index is 544. The average molecular weight is 201 g/mol. The number of benzene rings is 2. The van der Waals surface area contributed by atoms with Crippen molar-refractivity contribution >= 4 is 16.7 Å². The fraction of sp³-hybridized carbons (Fsp3) is 0.0833. The average Bonchev–Trinajstić information content (AvgIpc) is 2.18. The molecule has 0 fully saturated rings. The van der Waals surface area contributed by atoms with Gasteiger partial charge in [0.1, 0.15) is 0 Å². The number of aromatic carboxylic acids is 1. The minimum Gasteiger partial charge on any atom is -0.872 e. The Kier molecular flexibility index (Phi) is 2.08. The lowest BCUT2D eigenvalue weighted by Gasteiger charge is -2.12. The number of carboxylic acids is 1. The molecule has 1 N–H and O–H groups in total. The number of hydrogen-bond acceptors (Lipinski definition) is 2. The van der Waals surface area contributed by atoms with Crippen LogP contribution in [0.3, 0.4) is 0 Å². The zero-order valence-electron chi connectivity index (χ0n) is 8.15. The summed E-state index contributed by atoms with van der Waals surface area (Å²) in [5, 5.41) is 21.6. The molecule has 2 aromatic carbocycles. The molecule has 76 valence electrons. The van der Waals surface area contributed by atoms with Crippen molar-refractivity contribution < 1.29 is 15.0 Å². The van der Waals surface area contributed by atoms with E-state index >= 15 is 0 Å². The van der Waals surface area contributed by atoms with Gasteiger partial charge in [-0.3, -0.25) is 0 Å². The number of fused-ring (bicyclic) bond motifs is 1. The normalized spacial score (nSPS) is 10.5. The van der Waals surface area contributed by atoms with E-state index in [1.807, 2.05) is 13.0 Å². The molecule has 0 bridgehead atoms. The summed E-state index contributed by atoms with van der Waals surface area (Å²) in [7, 11) is 0. The van der Waals surface area contributed by atoms with E-state index in [4.69, 9.17) is 5.11 Å². The van der Waals surface area contributed by atoms with Crippen LogP contribution in [0.1, 0.15) is 15.9 Å². The van der Waals surface area contributed by atoms with Gasteiger partial charge in [-0.05, 0) is 23.8 Å². The van der Waals surface area contributed by atoms with Gasteiger partial charge in [0.05, 0.1) is 5.56 Å². The molecule has 0 aliphatic carbocycles. The SMILES string of the molecule is Cc1ccc2cc(C(=O)O)cc([O-])c2c1. The molecular formula is C12H9O3-. The van der Waals surface area contributed by atoms with Crippen molar-refractivity contribution in [1.82, 2.24) is 0 Å². The molecule has 0 saturated heterocycles. The van der Waals surface area contributed by atoms with Crippen LogP contribution in [-0.4, -0.2) is 11.1 Å². The zero-order chi connectivity index (χ0) is 11.0. The van der Waals surface area contributed by atoms with Crippen molar-refractivity contribution in [2.45, 2.75) is 6.92 Å². The fourth-order valence-corrected chi connectivity index (χ4v) is 1.56. The molecule has 3 nitrogen and oxygen atoms in total. The van der Waals surface area contributed by atoms with E-state index < -0.39 is 5.97 Å². The van der Waals surface area contributed by atoms with E-state index in [0.717, 1.165) is 11.6 Å². The topological polar surface area (TPSA) is 60.4 Å². The van der Waals surface area contributed by atoms with Crippen LogP contribution in [-0.2, 0) is 0 Å². The summed E-state index contributed by atoms with van der Waals surface area (Å²) < 4.78 is 0. The molecule has 0 heterocycles. The predicted molar refractivity (Wildman–Crippen MR) is 55.1 cm³/mol. The fourth-order valence-electron chi connectivity index (χ4n) is 1.56. The lowest BCUT2D eigenvalue weighted by Crippen LogP contribution is -1.99. The third-order valence-corrected chi connectivity index (χ3v) is 2.32. The quantitative estimate of drug-likeness (QED) is 0.766. The van der Waals surface area contributed by atoms with Gasteiger partial charge in [-0.1, -0.05) is 29.8 Å². The molecular weight excluding hydrogens is 192 g/mol. The highest BCUT2D eigenvalue weighted by atomic mass is 16.4. The van der Waals surface area contributed by atoms with Crippen LogP contribution in [0.15, 0.2) is 30.3 Å². The van der Waals surface area contributed by atoms with Crippen LogP contribution in [0.5, 0.6) is 5.75 Å². The summed E-state index contributed by atoms with van der Waals surface area (Å²) in [5.41, 5.74) is 1.03. The summed E-state index contributed by atoms with van der Waals surface area (Å²) in [5.74, 6) is -1.32. The van der Waals surface area contributed by atoms with E-state index in [9.17, 15) is 9.90 Å². The first-order valence-electron chi connectivity index (χ1n) is 4.52. The molecule has 2 rings (SSSR count). The molecule has 3 heteroatoms. The maximum absolute atomic E-state index is 11.6. The predicted octanol–water partition coefficient (Wildman–Crippen LogP) is 1.92. The highest BCUT2D eigenvalue weighted by Crippen LogP contribution is 2.25. The van der Waals surface area contributed by atoms with Gasteiger partial charge in [-0.15, -0.1) is 5.75 Å². The number of carboxylic acid groups (broad SMARTS) is 1. The maximum Gasteiger partial charge on any atom is 0.335 e. The smallest absolute Gasteiger partial charge is 0.335 e. The van der Waals surface area contributed by atoms with E-state index in [-0.39, 0.29) is 11.3 Å².